The largest absolute Gasteiger partial charge is 0.481 e. The molecule has 1 aliphatic rings. The van der Waals surface area contributed by atoms with Crippen molar-refractivity contribution in [3.63, 3.8) is 0 Å². The lowest BCUT2D eigenvalue weighted by molar-refractivity contribution is 0.238. The SMILES string of the molecule is COc1c(C(CO)NC2CC2)c(C)nn1C. The molecule has 0 radical (unpaired) electrons. The number of hydrogen-bond donors (Lipinski definition) is 2. The maximum atomic E-state index is 9.45. The molecule has 1 atom stereocenters. The van der Waals surface area contributed by atoms with Gasteiger partial charge in [-0.2, -0.15) is 5.10 Å². The van der Waals surface area contributed by atoms with E-state index in [0.29, 0.717) is 6.04 Å². The van der Waals surface area contributed by atoms with Gasteiger partial charge in [0, 0.05) is 13.1 Å². The Kier molecular flexibility index (Phi) is 3.16. The first-order chi connectivity index (χ1) is 7.67. The highest BCUT2D eigenvalue weighted by atomic mass is 16.5. The summed E-state index contributed by atoms with van der Waals surface area (Å²) in [5.41, 5.74) is 1.88. The summed E-state index contributed by atoms with van der Waals surface area (Å²) in [6, 6.07) is 0.470. The molecule has 0 saturated heterocycles. The zero-order chi connectivity index (χ0) is 11.7. The van der Waals surface area contributed by atoms with Crippen LogP contribution >= 0.6 is 0 Å². The van der Waals surface area contributed by atoms with Gasteiger partial charge in [0.2, 0.25) is 5.88 Å². The van der Waals surface area contributed by atoms with E-state index in [-0.39, 0.29) is 12.6 Å². The van der Waals surface area contributed by atoms with Gasteiger partial charge in [-0.15, -0.1) is 0 Å². The molecule has 2 rings (SSSR count). The molecule has 90 valence electrons. The van der Waals surface area contributed by atoms with Gasteiger partial charge in [-0.05, 0) is 19.8 Å². The zero-order valence-electron chi connectivity index (χ0n) is 10.0. The molecule has 1 aliphatic carbocycles. The van der Waals surface area contributed by atoms with Crippen LogP contribution in [0.5, 0.6) is 5.88 Å². The number of methoxy groups -OCH3 is 1. The lowest BCUT2D eigenvalue weighted by Crippen LogP contribution is -2.27. The number of aliphatic hydroxyl groups excluding tert-OH is 1. The van der Waals surface area contributed by atoms with E-state index in [1.165, 1.54) is 12.8 Å². The van der Waals surface area contributed by atoms with Gasteiger partial charge in [0.25, 0.3) is 0 Å². The second-order valence-corrected chi connectivity index (χ2v) is 4.31. The van der Waals surface area contributed by atoms with Gasteiger partial charge in [0.05, 0.1) is 31.0 Å². The molecule has 5 heteroatoms. The molecule has 16 heavy (non-hydrogen) atoms. The standard InChI is InChI=1S/C11H19N3O2/c1-7-10(11(16-3)14(2)13-7)9(6-15)12-8-4-5-8/h8-9,12,15H,4-6H2,1-3H3. The van der Waals surface area contributed by atoms with Crippen LogP contribution in [-0.4, -0.2) is 34.6 Å². The van der Waals surface area contributed by atoms with Crippen molar-refractivity contribution in [1.29, 1.82) is 0 Å². The predicted molar refractivity (Wildman–Crippen MR) is 60.5 cm³/mol. The fourth-order valence-electron chi connectivity index (χ4n) is 2.06. The number of nitrogens with zero attached hydrogens (tertiary/aromatic N) is 2. The molecule has 1 heterocycles. The van der Waals surface area contributed by atoms with Crippen LogP contribution in [0.1, 0.15) is 30.1 Å². The average Bonchev–Trinajstić information content (AvgIpc) is 3.01. The van der Waals surface area contributed by atoms with Gasteiger partial charge in [-0.3, -0.25) is 0 Å². The third kappa shape index (κ3) is 2.05. The average molecular weight is 225 g/mol. The van der Waals surface area contributed by atoms with Crippen molar-refractivity contribution in [3.05, 3.63) is 11.3 Å². The summed E-state index contributed by atoms with van der Waals surface area (Å²) in [5.74, 6) is 0.727. The smallest absolute Gasteiger partial charge is 0.216 e. The van der Waals surface area contributed by atoms with Crippen LogP contribution in [0.2, 0.25) is 0 Å². The maximum Gasteiger partial charge on any atom is 0.216 e. The van der Waals surface area contributed by atoms with E-state index in [4.69, 9.17) is 4.74 Å². The third-order valence-corrected chi connectivity index (χ3v) is 2.95. The lowest BCUT2D eigenvalue weighted by Gasteiger charge is -2.16. The van der Waals surface area contributed by atoms with Crippen molar-refractivity contribution in [1.82, 2.24) is 15.1 Å². The lowest BCUT2D eigenvalue weighted by atomic mass is 10.1. The first-order valence-corrected chi connectivity index (χ1v) is 5.61. The minimum absolute atomic E-state index is 0.0688. The molecule has 2 N–H and O–H groups in total. The molecule has 1 unspecified atom stereocenters. The highest BCUT2D eigenvalue weighted by Gasteiger charge is 2.29. The van der Waals surface area contributed by atoms with Crippen LogP contribution in [0.25, 0.3) is 0 Å². The summed E-state index contributed by atoms with van der Waals surface area (Å²) < 4.78 is 7.04. The normalized spacial score (nSPS) is 17.5. The quantitative estimate of drug-likeness (QED) is 0.767. The van der Waals surface area contributed by atoms with Crippen molar-refractivity contribution >= 4 is 0 Å². The molecule has 0 aliphatic heterocycles. The van der Waals surface area contributed by atoms with Gasteiger partial charge in [-0.25, -0.2) is 4.68 Å². The van der Waals surface area contributed by atoms with Crippen molar-refractivity contribution in [2.24, 2.45) is 7.05 Å². The Morgan fingerprint density at radius 2 is 2.31 bits per heavy atom. The number of aliphatic hydroxyl groups is 1. The molecule has 1 fully saturated rings. The Balaban J connectivity index is 2.27. The molecule has 1 aromatic heterocycles. The van der Waals surface area contributed by atoms with Crippen molar-refractivity contribution in [3.8, 4) is 5.88 Å². The number of rotatable bonds is 5. The Labute approximate surface area is 95.4 Å². The van der Waals surface area contributed by atoms with E-state index in [1.807, 2.05) is 14.0 Å². The Bertz CT molecular complexity index is 372. The van der Waals surface area contributed by atoms with Crippen LogP contribution in [0.3, 0.4) is 0 Å². The maximum absolute atomic E-state index is 9.45. The summed E-state index contributed by atoms with van der Waals surface area (Å²) >= 11 is 0. The fourth-order valence-corrected chi connectivity index (χ4v) is 2.06. The van der Waals surface area contributed by atoms with Crippen LogP contribution < -0.4 is 10.1 Å². The highest BCUT2D eigenvalue weighted by molar-refractivity contribution is 5.34. The van der Waals surface area contributed by atoms with Crippen molar-refractivity contribution in [2.75, 3.05) is 13.7 Å². The van der Waals surface area contributed by atoms with Gasteiger partial charge in [-0.1, -0.05) is 0 Å². The molecule has 0 aromatic carbocycles. The molecule has 1 aromatic rings. The molecule has 5 nitrogen and oxygen atoms in total. The number of nitrogens with one attached hydrogen (secondary N) is 1. The number of aromatic nitrogens is 2. The molecule has 1 saturated carbocycles. The first-order valence-electron chi connectivity index (χ1n) is 5.61. The van der Waals surface area contributed by atoms with E-state index < -0.39 is 0 Å². The van der Waals surface area contributed by atoms with Gasteiger partial charge in [0.15, 0.2) is 0 Å². The van der Waals surface area contributed by atoms with E-state index in [1.54, 1.807) is 11.8 Å². The number of hydrogen-bond acceptors (Lipinski definition) is 4. The van der Waals surface area contributed by atoms with Crippen molar-refractivity contribution in [2.45, 2.75) is 31.8 Å². The minimum Gasteiger partial charge on any atom is -0.481 e. The minimum atomic E-state index is -0.0730. The molecule has 0 bridgehead atoms. The van der Waals surface area contributed by atoms with Gasteiger partial charge < -0.3 is 15.2 Å². The molecule has 0 amide bonds. The summed E-state index contributed by atoms with van der Waals surface area (Å²) in [6.07, 6.45) is 2.39. The molecular formula is C11H19N3O2. The molecular weight excluding hydrogens is 206 g/mol. The second kappa shape index (κ2) is 4.43. The highest BCUT2D eigenvalue weighted by Crippen LogP contribution is 2.31. The van der Waals surface area contributed by atoms with Crippen LogP contribution in [-0.2, 0) is 7.05 Å². The van der Waals surface area contributed by atoms with Crippen LogP contribution in [0.15, 0.2) is 0 Å². The monoisotopic (exact) mass is 225 g/mol. The third-order valence-electron chi connectivity index (χ3n) is 2.95. The van der Waals surface area contributed by atoms with Crippen LogP contribution in [0.4, 0.5) is 0 Å². The summed E-state index contributed by atoms with van der Waals surface area (Å²) in [5, 5.41) is 17.2. The second-order valence-electron chi connectivity index (χ2n) is 4.31. The topological polar surface area (TPSA) is 59.3 Å². The summed E-state index contributed by atoms with van der Waals surface area (Å²) in [6.45, 7) is 2.01. The fraction of sp³-hybridized carbons (Fsp3) is 0.727. The van der Waals surface area contributed by atoms with E-state index >= 15 is 0 Å². The van der Waals surface area contributed by atoms with Crippen molar-refractivity contribution < 1.29 is 9.84 Å². The van der Waals surface area contributed by atoms with Gasteiger partial charge >= 0.3 is 0 Å². The zero-order valence-corrected chi connectivity index (χ0v) is 10.0. The summed E-state index contributed by atoms with van der Waals surface area (Å²) in [7, 11) is 3.48. The number of ether oxygens (including phenoxy) is 1. The van der Waals surface area contributed by atoms with Crippen LogP contribution in [0, 0.1) is 6.92 Å². The van der Waals surface area contributed by atoms with E-state index in [9.17, 15) is 5.11 Å². The van der Waals surface area contributed by atoms with E-state index in [2.05, 4.69) is 10.4 Å². The molecule has 0 spiro atoms. The Morgan fingerprint density at radius 3 is 2.81 bits per heavy atom. The first kappa shape index (κ1) is 11.4. The van der Waals surface area contributed by atoms with Gasteiger partial charge in [0.1, 0.15) is 0 Å². The van der Waals surface area contributed by atoms with E-state index in [0.717, 1.165) is 17.1 Å². The Morgan fingerprint density at radius 1 is 1.62 bits per heavy atom. The predicted octanol–water partition coefficient (Wildman–Crippen LogP) is 0.523. The number of aryl methyl sites for hydroxylation is 2. The Hall–Kier alpha value is -1.07. The summed E-state index contributed by atoms with van der Waals surface area (Å²) in [4.78, 5) is 0.